The molecule has 90 valence electrons. The van der Waals surface area contributed by atoms with E-state index in [9.17, 15) is 13.5 Å². The summed E-state index contributed by atoms with van der Waals surface area (Å²) in [5.74, 6) is -0.114. The highest BCUT2D eigenvalue weighted by molar-refractivity contribution is 7.91. The maximum atomic E-state index is 11.2. The van der Waals surface area contributed by atoms with E-state index < -0.39 is 15.9 Å². The number of aliphatic hydroxyl groups excluding tert-OH is 1. The van der Waals surface area contributed by atoms with E-state index in [1.165, 1.54) is 0 Å². The van der Waals surface area contributed by atoms with E-state index in [1.54, 1.807) is 0 Å². The molecule has 3 atom stereocenters. The second kappa shape index (κ2) is 5.25. The number of sulfone groups is 1. The van der Waals surface area contributed by atoms with Gasteiger partial charge in [-0.1, -0.05) is 0 Å². The van der Waals surface area contributed by atoms with Crippen LogP contribution >= 0.6 is 0 Å². The molecule has 15 heavy (non-hydrogen) atoms. The van der Waals surface area contributed by atoms with Crippen LogP contribution in [-0.4, -0.2) is 56.4 Å². The first-order chi connectivity index (χ1) is 6.94. The summed E-state index contributed by atoms with van der Waals surface area (Å²) in [5, 5.41) is 12.6. The van der Waals surface area contributed by atoms with Gasteiger partial charge >= 0.3 is 0 Å². The minimum absolute atomic E-state index is 0.0185. The summed E-state index contributed by atoms with van der Waals surface area (Å²) in [5.41, 5.74) is 0. The molecule has 0 saturated carbocycles. The van der Waals surface area contributed by atoms with E-state index in [1.807, 2.05) is 13.8 Å². The fourth-order valence-electron chi connectivity index (χ4n) is 1.70. The van der Waals surface area contributed by atoms with E-state index in [4.69, 9.17) is 4.74 Å². The normalized spacial score (nSPS) is 31.7. The van der Waals surface area contributed by atoms with Gasteiger partial charge in [0.05, 0.1) is 24.2 Å². The minimum atomic E-state index is -3.06. The van der Waals surface area contributed by atoms with Crippen molar-refractivity contribution in [3.05, 3.63) is 0 Å². The SMILES string of the molecule is CCOCC(C)NC1CS(=O)(=O)CC1O. The van der Waals surface area contributed by atoms with Crippen molar-refractivity contribution in [3.8, 4) is 0 Å². The summed E-state index contributed by atoms with van der Waals surface area (Å²) in [6, 6.07) is -0.302. The van der Waals surface area contributed by atoms with Crippen LogP contribution in [0.3, 0.4) is 0 Å². The van der Waals surface area contributed by atoms with E-state index in [0.717, 1.165) is 0 Å². The van der Waals surface area contributed by atoms with Crippen LogP contribution in [0.4, 0.5) is 0 Å². The maximum Gasteiger partial charge on any atom is 0.154 e. The highest BCUT2D eigenvalue weighted by Crippen LogP contribution is 2.12. The Hall–Kier alpha value is -0.170. The van der Waals surface area contributed by atoms with Crippen LogP contribution in [0.25, 0.3) is 0 Å². The molecular weight excluding hydrogens is 218 g/mol. The molecule has 1 aliphatic heterocycles. The molecule has 0 aromatic rings. The lowest BCUT2D eigenvalue weighted by molar-refractivity contribution is 0.108. The Labute approximate surface area is 90.7 Å². The van der Waals surface area contributed by atoms with Crippen molar-refractivity contribution >= 4 is 9.84 Å². The van der Waals surface area contributed by atoms with Crippen LogP contribution in [-0.2, 0) is 14.6 Å². The van der Waals surface area contributed by atoms with Crippen molar-refractivity contribution in [3.63, 3.8) is 0 Å². The summed E-state index contributed by atoms with van der Waals surface area (Å²) in [6.07, 6.45) is -0.793. The van der Waals surface area contributed by atoms with Crippen LogP contribution in [0, 0.1) is 0 Å². The van der Waals surface area contributed by atoms with Gasteiger partial charge in [0.15, 0.2) is 9.84 Å². The number of rotatable bonds is 5. The van der Waals surface area contributed by atoms with Gasteiger partial charge in [0.25, 0.3) is 0 Å². The predicted molar refractivity (Wildman–Crippen MR) is 57.5 cm³/mol. The summed E-state index contributed by atoms with van der Waals surface area (Å²) < 4.78 is 27.6. The molecule has 0 bridgehead atoms. The van der Waals surface area contributed by atoms with E-state index in [0.29, 0.717) is 13.2 Å². The molecule has 0 aromatic carbocycles. The molecule has 6 heteroatoms. The summed E-state index contributed by atoms with van der Waals surface area (Å²) in [6.45, 7) is 4.98. The average Bonchev–Trinajstić information content (AvgIpc) is 2.36. The van der Waals surface area contributed by atoms with E-state index >= 15 is 0 Å². The summed E-state index contributed by atoms with van der Waals surface area (Å²) >= 11 is 0. The fourth-order valence-corrected chi connectivity index (χ4v) is 3.45. The topological polar surface area (TPSA) is 75.6 Å². The Morgan fingerprint density at radius 2 is 2.20 bits per heavy atom. The zero-order chi connectivity index (χ0) is 11.5. The molecule has 1 rings (SSSR count). The Morgan fingerprint density at radius 3 is 2.67 bits per heavy atom. The van der Waals surface area contributed by atoms with Crippen molar-refractivity contribution in [2.24, 2.45) is 0 Å². The van der Waals surface area contributed by atoms with Gasteiger partial charge in [-0.25, -0.2) is 8.42 Å². The molecule has 1 aliphatic rings. The number of ether oxygens (including phenoxy) is 1. The van der Waals surface area contributed by atoms with E-state index in [2.05, 4.69) is 5.32 Å². The van der Waals surface area contributed by atoms with Gasteiger partial charge in [0, 0.05) is 18.7 Å². The number of aliphatic hydroxyl groups is 1. The molecule has 1 heterocycles. The van der Waals surface area contributed by atoms with Crippen LogP contribution < -0.4 is 5.32 Å². The molecule has 1 fully saturated rings. The van der Waals surface area contributed by atoms with E-state index in [-0.39, 0.29) is 23.6 Å². The highest BCUT2D eigenvalue weighted by Gasteiger charge is 2.36. The van der Waals surface area contributed by atoms with Crippen LogP contribution in [0.1, 0.15) is 13.8 Å². The lowest BCUT2D eigenvalue weighted by Gasteiger charge is -2.20. The monoisotopic (exact) mass is 237 g/mol. The number of hydrogen-bond donors (Lipinski definition) is 2. The molecule has 0 aromatic heterocycles. The van der Waals surface area contributed by atoms with Crippen molar-refractivity contribution in [1.29, 1.82) is 0 Å². The summed E-state index contributed by atoms with van der Waals surface area (Å²) in [4.78, 5) is 0. The smallest absolute Gasteiger partial charge is 0.154 e. The molecule has 0 aliphatic carbocycles. The van der Waals surface area contributed by atoms with Gasteiger partial charge in [0.2, 0.25) is 0 Å². The van der Waals surface area contributed by atoms with Gasteiger partial charge in [-0.3, -0.25) is 0 Å². The molecule has 3 unspecified atom stereocenters. The quantitative estimate of drug-likeness (QED) is 0.652. The third-order valence-electron chi connectivity index (χ3n) is 2.39. The number of hydrogen-bond acceptors (Lipinski definition) is 5. The third kappa shape index (κ3) is 4.06. The first-order valence-corrected chi connectivity index (χ1v) is 6.99. The zero-order valence-electron chi connectivity index (χ0n) is 9.14. The Morgan fingerprint density at radius 1 is 1.53 bits per heavy atom. The Balaban J connectivity index is 2.39. The van der Waals surface area contributed by atoms with Gasteiger partial charge in [-0.2, -0.15) is 0 Å². The first-order valence-electron chi connectivity index (χ1n) is 5.17. The average molecular weight is 237 g/mol. The molecule has 0 amide bonds. The van der Waals surface area contributed by atoms with Crippen molar-refractivity contribution in [2.75, 3.05) is 24.7 Å². The standard InChI is InChI=1S/C9H19NO4S/c1-3-14-4-7(2)10-8-5-15(12,13)6-9(8)11/h7-11H,3-6H2,1-2H3. The highest BCUT2D eigenvalue weighted by atomic mass is 32.2. The zero-order valence-corrected chi connectivity index (χ0v) is 9.96. The third-order valence-corrected chi connectivity index (χ3v) is 4.11. The van der Waals surface area contributed by atoms with Gasteiger partial charge in [0.1, 0.15) is 0 Å². The largest absolute Gasteiger partial charge is 0.390 e. The molecule has 2 N–H and O–H groups in total. The second-order valence-electron chi connectivity index (χ2n) is 3.98. The summed E-state index contributed by atoms with van der Waals surface area (Å²) in [7, 11) is -3.06. The molecule has 0 spiro atoms. The fraction of sp³-hybridized carbons (Fsp3) is 1.00. The first kappa shape index (κ1) is 12.9. The van der Waals surface area contributed by atoms with Crippen molar-refractivity contribution < 1.29 is 18.3 Å². The lowest BCUT2D eigenvalue weighted by Crippen LogP contribution is -2.45. The molecular formula is C9H19NO4S. The van der Waals surface area contributed by atoms with Gasteiger partial charge in [-0.15, -0.1) is 0 Å². The molecule has 1 saturated heterocycles. The Bertz CT molecular complexity index is 290. The van der Waals surface area contributed by atoms with Crippen molar-refractivity contribution in [1.82, 2.24) is 5.32 Å². The van der Waals surface area contributed by atoms with Crippen molar-refractivity contribution in [2.45, 2.75) is 32.0 Å². The predicted octanol–water partition coefficient (Wildman–Crippen LogP) is -0.841. The number of nitrogens with one attached hydrogen (secondary N) is 1. The van der Waals surface area contributed by atoms with Gasteiger partial charge < -0.3 is 15.2 Å². The minimum Gasteiger partial charge on any atom is -0.390 e. The lowest BCUT2D eigenvalue weighted by atomic mass is 10.2. The molecule has 5 nitrogen and oxygen atoms in total. The van der Waals surface area contributed by atoms with Crippen LogP contribution in [0.5, 0.6) is 0 Å². The van der Waals surface area contributed by atoms with Crippen LogP contribution in [0.2, 0.25) is 0 Å². The van der Waals surface area contributed by atoms with Crippen LogP contribution in [0.15, 0.2) is 0 Å². The Kier molecular flexibility index (Phi) is 4.51. The molecule has 0 radical (unpaired) electrons. The van der Waals surface area contributed by atoms with Gasteiger partial charge in [-0.05, 0) is 13.8 Å². The second-order valence-corrected chi connectivity index (χ2v) is 6.13. The maximum absolute atomic E-state index is 11.2.